The van der Waals surface area contributed by atoms with Gasteiger partial charge in [-0.05, 0) is 55.8 Å². The molecule has 0 saturated carbocycles. The summed E-state index contributed by atoms with van der Waals surface area (Å²) in [5.74, 6) is 0.0255. The number of ether oxygens (including phenoxy) is 1. The van der Waals surface area contributed by atoms with E-state index in [0.717, 1.165) is 16.6 Å². The topological polar surface area (TPSA) is 70.2 Å². The Balaban J connectivity index is 1.71. The number of aromatic nitrogens is 2. The van der Waals surface area contributed by atoms with Crippen molar-refractivity contribution in [2.75, 3.05) is 5.32 Å². The van der Waals surface area contributed by atoms with Gasteiger partial charge in [0.15, 0.2) is 0 Å². The number of anilines is 1. The fourth-order valence-corrected chi connectivity index (χ4v) is 2.82. The van der Waals surface area contributed by atoms with Crippen molar-refractivity contribution in [2.24, 2.45) is 0 Å². The van der Waals surface area contributed by atoms with Crippen LogP contribution in [0.15, 0.2) is 48.8 Å². The number of amides is 2. The van der Waals surface area contributed by atoms with Crippen molar-refractivity contribution >= 4 is 22.8 Å². The van der Waals surface area contributed by atoms with Gasteiger partial charge >= 0.3 is 12.1 Å². The molecule has 28 heavy (non-hydrogen) atoms. The number of benzene rings is 1. The molecule has 0 aliphatic heterocycles. The number of urea groups is 1. The van der Waals surface area contributed by atoms with Crippen molar-refractivity contribution in [3.63, 3.8) is 0 Å². The number of pyridine rings is 1. The van der Waals surface area contributed by atoms with Crippen molar-refractivity contribution in [2.45, 2.75) is 39.5 Å². The van der Waals surface area contributed by atoms with Gasteiger partial charge in [-0.3, -0.25) is 0 Å². The first kappa shape index (κ1) is 19.6. The number of halogens is 2. The van der Waals surface area contributed by atoms with Crippen molar-refractivity contribution < 1.29 is 18.3 Å². The van der Waals surface area contributed by atoms with Gasteiger partial charge in [-0.1, -0.05) is 0 Å². The van der Waals surface area contributed by atoms with Crippen molar-refractivity contribution in [3.8, 4) is 5.75 Å². The predicted molar refractivity (Wildman–Crippen MR) is 103 cm³/mol. The molecule has 0 aliphatic carbocycles. The highest BCUT2D eigenvalue weighted by molar-refractivity contribution is 5.90. The van der Waals surface area contributed by atoms with Crippen molar-refractivity contribution in [3.05, 3.63) is 54.4 Å². The Kier molecular flexibility index (Phi) is 5.48. The Hall–Kier alpha value is -3.16. The van der Waals surface area contributed by atoms with Gasteiger partial charge in [-0.15, -0.1) is 0 Å². The largest absolute Gasteiger partial charge is 0.433 e. The van der Waals surface area contributed by atoms with E-state index in [9.17, 15) is 13.6 Å². The summed E-state index contributed by atoms with van der Waals surface area (Å²) in [5, 5.41) is 3.75. The molecule has 2 N–H and O–H groups in total. The zero-order valence-corrected chi connectivity index (χ0v) is 15.9. The number of fused-ring (bicyclic) bond motifs is 1. The van der Waals surface area contributed by atoms with Gasteiger partial charge in [0.25, 0.3) is 0 Å². The van der Waals surface area contributed by atoms with Crippen LogP contribution in [0.5, 0.6) is 5.75 Å². The molecule has 0 radical (unpaired) electrons. The van der Waals surface area contributed by atoms with Crippen LogP contribution in [0, 0.1) is 0 Å². The molecule has 3 aromatic rings. The van der Waals surface area contributed by atoms with Gasteiger partial charge in [0.05, 0.1) is 0 Å². The van der Waals surface area contributed by atoms with Gasteiger partial charge < -0.3 is 19.9 Å². The third-order valence-electron chi connectivity index (χ3n) is 4.16. The Morgan fingerprint density at radius 3 is 2.64 bits per heavy atom. The van der Waals surface area contributed by atoms with E-state index in [-0.39, 0.29) is 17.8 Å². The maximum Gasteiger partial charge on any atom is 0.394 e. The van der Waals surface area contributed by atoms with Crippen LogP contribution in [0.4, 0.5) is 19.3 Å². The van der Waals surface area contributed by atoms with E-state index < -0.39 is 6.11 Å². The molecule has 0 atom stereocenters. The van der Waals surface area contributed by atoms with Crippen LogP contribution in [0.2, 0.25) is 0 Å². The summed E-state index contributed by atoms with van der Waals surface area (Å²) in [5.41, 5.74) is 2.22. The molecule has 2 amide bonds. The number of hydrogen-bond acceptors (Lipinski definition) is 3. The minimum Gasteiger partial charge on any atom is -0.433 e. The fraction of sp³-hybridized carbons (Fsp3) is 0.300. The molecule has 2 heterocycles. The average molecular weight is 388 g/mol. The number of nitrogens with zero attached hydrogens (tertiary/aromatic N) is 2. The van der Waals surface area contributed by atoms with Crippen molar-refractivity contribution in [1.29, 1.82) is 0 Å². The Morgan fingerprint density at radius 1 is 1.29 bits per heavy atom. The molecular formula is C20H22F2N4O2. The van der Waals surface area contributed by atoms with Gasteiger partial charge in [-0.2, -0.15) is 8.78 Å². The fourth-order valence-electron chi connectivity index (χ4n) is 2.82. The molecule has 1 aromatic carbocycles. The number of nitrogens with one attached hydrogen (secondary N) is 2. The molecule has 0 aliphatic rings. The number of carbonyl (C=O) groups is 1. The van der Waals surface area contributed by atoms with Gasteiger partial charge in [0.2, 0.25) is 0 Å². The number of carbonyl (C=O) groups excluding carboxylic acids is 1. The predicted octanol–water partition coefficient (Wildman–Crippen LogP) is 5.00. The normalized spacial score (nSPS) is 11.6. The number of hydrogen-bond donors (Lipinski definition) is 2. The number of alkyl halides is 2. The van der Waals surface area contributed by atoms with Crippen LogP contribution in [0.1, 0.15) is 26.3 Å². The summed E-state index contributed by atoms with van der Waals surface area (Å²) < 4.78 is 30.3. The lowest BCUT2D eigenvalue weighted by Gasteiger charge is -2.27. The maximum absolute atomic E-state index is 12.9. The smallest absolute Gasteiger partial charge is 0.394 e. The molecule has 0 spiro atoms. The first-order valence-electron chi connectivity index (χ1n) is 8.88. The molecule has 3 rings (SSSR count). The first-order valence-corrected chi connectivity index (χ1v) is 8.88. The molecule has 0 fully saturated rings. The highest BCUT2D eigenvalue weighted by Crippen LogP contribution is 2.23. The zero-order valence-electron chi connectivity index (χ0n) is 15.9. The summed E-state index contributed by atoms with van der Waals surface area (Å²) in [6, 6.07) is 9.28. The molecule has 0 saturated heterocycles. The summed E-state index contributed by atoms with van der Waals surface area (Å²) >= 11 is 0. The maximum atomic E-state index is 12.9. The minimum atomic E-state index is -3.26. The Bertz CT molecular complexity index is 949. The number of rotatable bonds is 6. The van der Waals surface area contributed by atoms with Crippen LogP contribution in [0.3, 0.4) is 0 Å². The molecule has 148 valence electrons. The van der Waals surface area contributed by atoms with Crippen LogP contribution < -0.4 is 10.1 Å². The summed E-state index contributed by atoms with van der Waals surface area (Å²) in [7, 11) is 0. The molecule has 8 heteroatoms. The molecule has 6 nitrogen and oxygen atoms in total. The highest BCUT2D eigenvalue weighted by Gasteiger charge is 2.23. The van der Waals surface area contributed by atoms with Crippen molar-refractivity contribution in [1.82, 2.24) is 14.9 Å². The Labute approximate surface area is 161 Å². The third kappa shape index (κ3) is 4.76. The summed E-state index contributed by atoms with van der Waals surface area (Å²) in [6.45, 7) is 4.92. The monoisotopic (exact) mass is 388 g/mol. The lowest BCUT2D eigenvalue weighted by atomic mass is 10.2. The van der Waals surface area contributed by atoms with E-state index in [0.29, 0.717) is 19.2 Å². The standard InChI is InChI=1S/C20H22F2N4O2/c1-13(2)26(12-14-11-24-18-17(14)5-4-10-23-18)19(27)25-15-6-8-16(9-7-15)28-20(3,21)22/h4-11,13H,12H2,1-3H3,(H,23,24)(H,25,27). The molecule has 0 bridgehead atoms. The highest BCUT2D eigenvalue weighted by atomic mass is 19.3. The lowest BCUT2D eigenvalue weighted by Crippen LogP contribution is -2.39. The molecule has 0 unspecified atom stereocenters. The second kappa shape index (κ2) is 7.84. The van der Waals surface area contributed by atoms with E-state index in [4.69, 9.17) is 0 Å². The second-order valence-corrected chi connectivity index (χ2v) is 6.80. The lowest BCUT2D eigenvalue weighted by molar-refractivity contribution is -0.158. The minimum absolute atomic E-state index is 0.0255. The third-order valence-corrected chi connectivity index (χ3v) is 4.16. The van der Waals surface area contributed by atoms with E-state index in [1.54, 1.807) is 11.1 Å². The quantitative estimate of drug-likeness (QED) is 0.624. The zero-order chi connectivity index (χ0) is 20.3. The van der Waals surface area contributed by atoms with Gasteiger partial charge in [-0.25, -0.2) is 9.78 Å². The van der Waals surface area contributed by atoms with Crippen LogP contribution in [-0.4, -0.2) is 33.0 Å². The van der Waals surface area contributed by atoms with E-state index in [1.165, 1.54) is 24.3 Å². The summed E-state index contributed by atoms with van der Waals surface area (Å²) in [4.78, 5) is 21.8. The first-order chi connectivity index (χ1) is 13.2. The Morgan fingerprint density at radius 2 is 2.00 bits per heavy atom. The van der Waals surface area contributed by atoms with E-state index >= 15 is 0 Å². The average Bonchev–Trinajstić information content (AvgIpc) is 3.03. The molecular weight excluding hydrogens is 366 g/mol. The van der Waals surface area contributed by atoms with Crippen LogP contribution in [0.25, 0.3) is 11.0 Å². The van der Waals surface area contributed by atoms with Gasteiger partial charge in [0.1, 0.15) is 11.4 Å². The molecule has 2 aromatic heterocycles. The summed E-state index contributed by atoms with van der Waals surface area (Å²) in [6.07, 6.45) is 0.294. The van der Waals surface area contributed by atoms with Crippen LogP contribution >= 0.6 is 0 Å². The second-order valence-electron chi connectivity index (χ2n) is 6.80. The number of H-pyrrole nitrogens is 1. The SMILES string of the molecule is CC(C)N(Cc1c[nH]c2ncccc12)C(=O)Nc1ccc(OC(C)(F)F)cc1. The van der Waals surface area contributed by atoms with Gasteiger partial charge in [0, 0.05) is 43.0 Å². The van der Waals surface area contributed by atoms with E-state index in [2.05, 4.69) is 20.0 Å². The van der Waals surface area contributed by atoms with E-state index in [1.807, 2.05) is 32.2 Å². The van der Waals surface area contributed by atoms with Crippen LogP contribution in [-0.2, 0) is 6.54 Å². The number of aromatic amines is 1.